The van der Waals surface area contributed by atoms with Gasteiger partial charge in [0.05, 0.1) is 12.0 Å². The Morgan fingerprint density at radius 3 is 2.89 bits per heavy atom. The Bertz CT molecular complexity index is 446. The lowest BCUT2D eigenvalue weighted by molar-refractivity contribution is 0.468. The van der Waals surface area contributed by atoms with Gasteiger partial charge in [-0.05, 0) is 24.6 Å². The molecule has 0 bridgehead atoms. The average Bonchev–Trinajstić information content (AvgIpc) is 2.96. The molecule has 0 aliphatic rings. The van der Waals surface area contributed by atoms with Crippen LogP contribution in [-0.2, 0) is 19.4 Å². The Kier molecular flexibility index (Phi) is 4.59. The molecule has 0 aliphatic heterocycles. The summed E-state index contributed by atoms with van der Waals surface area (Å²) in [5.41, 5.74) is 1.00. The van der Waals surface area contributed by atoms with Gasteiger partial charge < -0.3 is 14.2 Å². The first kappa shape index (κ1) is 12.9. The van der Waals surface area contributed by atoms with Crippen molar-refractivity contribution in [1.82, 2.24) is 10.3 Å². The second kappa shape index (κ2) is 6.40. The highest BCUT2D eigenvalue weighted by Gasteiger charge is 2.09. The molecule has 4 nitrogen and oxygen atoms in total. The number of rotatable bonds is 7. The number of aryl methyl sites for hydroxylation is 2. The Balaban J connectivity index is 1.83. The number of oxazole rings is 1. The fourth-order valence-electron chi connectivity index (χ4n) is 1.81. The van der Waals surface area contributed by atoms with E-state index in [4.69, 9.17) is 8.83 Å². The molecule has 0 spiro atoms. The summed E-state index contributed by atoms with van der Waals surface area (Å²) in [5, 5.41) is 3.37. The van der Waals surface area contributed by atoms with Crippen LogP contribution in [0.1, 0.15) is 31.1 Å². The fraction of sp³-hybridized carbons (Fsp3) is 0.500. The number of nitrogens with one attached hydrogen (secondary N) is 1. The van der Waals surface area contributed by atoms with Gasteiger partial charge in [-0.3, -0.25) is 0 Å². The zero-order valence-electron chi connectivity index (χ0n) is 11.0. The molecule has 2 aromatic rings. The molecule has 0 saturated heterocycles. The summed E-state index contributed by atoms with van der Waals surface area (Å²) >= 11 is 0. The van der Waals surface area contributed by atoms with Crippen LogP contribution >= 0.6 is 0 Å². The van der Waals surface area contributed by atoms with E-state index in [1.165, 1.54) is 6.39 Å². The second-order valence-electron chi connectivity index (χ2n) is 4.83. The average molecular weight is 248 g/mol. The lowest BCUT2D eigenvalue weighted by atomic mass is 10.2. The molecule has 2 heterocycles. The fourth-order valence-corrected chi connectivity index (χ4v) is 1.81. The second-order valence-corrected chi connectivity index (χ2v) is 4.83. The van der Waals surface area contributed by atoms with Gasteiger partial charge >= 0.3 is 0 Å². The first-order chi connectivity index (χ1) is 8.75. The van der Waals surface area contributed by atoms with Crippen LogP contribution in [0.25, 0.3) is 0 Å². The molecule has 0 radical (unpaired) electrons. The number of nitrogens with zero attached hydrogens (tertiary/aromatic N) is 1. The number of hydrogen-bond donors (Lipinski definition) is 1. The van der Waals surface area contributed by atoms with Crippen molar-refractivity contribution in [3.05, 3.63) is 42.0 Å². The molecule has 4 heteroatoms. The van der Waals surface area contributed by atoms with Crippen molar-refractivity contribution in [2.45, 2.75) is 33.2 Å². The SMILES string of the molecule is CC(C)CNCc1ncoc1CCc1ccco1. The monoisotopic (exact) mass is 248 g/mol. The summed E-state index contributed by atoms with van der Waals surface area (Å²) in [6.07, 6.45) is 4.89. The van der Waals surface area contributed by atoms with Crippen molar-refractivity contribution in [2.24, 2.45) is 5.92 Å². The summed E-state index contributed by atoms with van der Waals surface area (Å²) < 4.78 is 10.7. The standard InChI is InChI=1S/C14H20N2O2/c1-11(2)8-15-9-13-14(18-10-16-13)6-5-12-4-3-7-17-12/h3-4,7,10-11,15H,5-6,8-9H2,1-2H3. The maximum absolute atomic E-state index is 5.43. The molecule has 98 valence electrons. The maximum atomic E-state index is 5.43. The van der Waals surface area contributed by atoms with E-state index >= 15 is 0 Å². The van der Waals surface area contributed by atoms with Crippen LogP contribution in [0, 0.1) is 5.92 Å². The molecule has 0 unspecified atom stereocenters. The van der Waals surface area contributed by atoms with Gasteiger partial charge in [-0.1, -0.05) is 13.8 Å². The third-order valence-electron chi connectivity index (χ3n) is 2.75. The summed E-state index contributed by atoms with van der Waals surface area (Å²) in [7, 11) is 0. The predicted molar refractivity (Wildman–Crippen MR) is 69.2 cm³/mol. The van der Waals surface area contributed by atoms with E-state index in [2.05, 4.69) is 24.1 Å². The maximum Gasteiger partial charge on any atom is 0.181 e. The van der Waals surface area contributed by atoms with Crippen LogP contribution in [0.2, 0.25) is 0 Å². The van der Waals surface area contributed by atoms with Gasteiger partial charge in [0, 0.05) is 19.4 Å². The molecule has 0 aromatic carbocycles. The third kappa shape index (κ3) is 3.74. The highest BCUT2D eigenvalue weighted by atomic mass is 16.3. The van der Waals surface area contributed by atoms with Crippen molar-refractivity contribution >= 4 is 0 Å². The molecule has 18 heavy (non-hydrogen) atoms. The minimum absolute atomic E-state index is 0.642. The molecule has 2 rings (SSSR count). The third-order valence-corrected chi connectivity index (χ3v) is 2.75. The summed E-state index contributed by atoms with van der Waals surface area (Å²) in [5.74, 6) is 2.57. The molecule has 0 saturated carbocycles. The van der Waals surface area contributed by atoms with E-state index in [1.807, 2.05) is 12.1 Å². The van der Waals surface area contributed by atoms with Crippen molar-refractivity contribution in [1.29, 1.82) is 0 Å². The van der Waals surface area contributed by atoms with Gasteiger partial charge in [0.1, 0.15) is 11.5 Å². The summed E-state index contributed by atoms with van der Waals surface area (Å²) in [6.45, 7) is 6.13. The van der Waals surface area contributed by atoms with Gasteiger partial charge in [0.2, 0.25) is 0 Å². The lowest BCUT2D eigenvalue weighted by Crippen LogP contribution is -2.19. The lowest BCUT2D eigenvalue weighted by Gasteiger charge is -2.06. The molecular formula is C14H20N2O2. The van der Waals surface area contributed by atoms with Crippen molar-refractivity contribution in [3.8, 4) is 0 Å². The molecule has 1 N–H and O–H groups in total. The van der Waals surface area contributed by atoms with Gasteiger partial charge in [-0.2, -0.15) is 0 Å². The van der Waals surface area contributed by atoms with Gasteiger partial charge in [0.25, 0.3) is 0 Å². The van der Waals surface area contributed by atoms with Gasteiger partial charge in [0.15, 0.2) is 6.39 Å². The topological polar surface area (TPSA) is 51.2 Å². The number of furan rings is 1. The van der Waals surface area contributed by atoms with Gasteiger partial charge in [-0.25, -0.2) is 4.98 Å². The Labute approximate surface area is 107 Å². The molecule has 0 atom stereocenters. The van der Waals surface area contributed by atoms with E-state index in [1.54, 1.807) is 6.26 Å². The minimum Gasteiger partial charge on any atom is -0.469 e. The van der Waals surface area contributed by atoms with Crippen LogP contribution < -0.4 is 5.32 Å². The van der Waals surface area contributed by atoms with E-state index in [-0.39, 0.29) is 0 Å². The Hall–Kier alpha value is -1.55. The summed E-state index contributed by atoms with van der Waals surface area (Å²) in [6, 6.07) is 3.88. The van der Waals surface area contributed by atoms with E-state index in [0.717, 1.165) is 43.1 Å². The molecule has 0 fully saturated rings. The largest absolute Gasteiger partial charge is 0.469 e. The normalized spacial score (nSPS) is 11.3. The highest BCUT2D eigenvalue weighted by molar-refractivity contribution is 5.09. The van der Waals surface area contributed by atoms with Crippen molar-refractivity contribution in [2.75, 3.05) is 6.54 Å². The molecule has 0 amide bonds. The van der Waals surface area contributed by atoms with Crippen molar-refractivity contribution < 1.29 is 8.83 Å². The smallest absolute Gasteiger partial charge is 0.181 e. The Morgan fingerprint density at radius 1 is 1.28 bits per heavy atom. The van der Waals surface area contributed by atoms with Crippen LogP contribution in [0.3, 0.4) is 0 Å². The molecule has 2 aromatic heterocycles. The quantitative estimate of drug-likeness (QED) is 0.818. The molecule has 0 aliphatic carbocycles. The van der Waals surface area contributed by atoms with Crippen molar-refractivity contribution in [3.63, 3.8) is 0 Å². The van der Waals surface area contributed by atoms with E-state index in [0.29, 0.717) is 5.92 Å². The minimum atomic E-state index is 0.642. The summed E-state index contributed by atoms with van der Waals surface area (Å²) in [4.78, 5) is 4.25. The Morgan fingerprint density at radius 2 is 2.17 bits per heavy atom. The van der Waals surface area contributed by atoms with Crippen LogP contribution in [0.5, 0.6) is 0 Å². The first-order valence-electron chi connectivity index (χ1n) is 6.40. The number of aromatic nitrogens is 1. The zero-order chi connectivity index (χ0) is 12.8. The molecular weight excluding hydrogens is 228 g/mol. The van der Waals surface area contributed by atoms with Crippen LogP contribution in [-0.4, -0.2) is 11.5 Å². The van der Waals surface area contributed by atoms with Gasteiger partial charge in [-0.15, -0.1) is 0 Å². The zero-order valence-corrected chi connectivity index (χ0v) is 11.0. The predicted octanol–water partition coefficient (Wildman–Crippen LogP) is 2.80. The van der Waals surface area contributed by atoms with E-state index < -0.39 is 0 Å². The van der Waals surface area contributed by atoms with Crippen LogP contribution in [0.4, 0.5) is 0 Å². The van der Waals surface area contributed by atoms with E-state index in [9.17, 15) is 0 Å². The number of hydrogen-bond acceptors (Lipinski definition) is 4. The highest BCUT2D eigenvalue weighted by Crippen LogP contribution is 2.11. The van der Waals surface area contributed by atoms with Crippen LogP contribution in [0.15, 0.2) is 33.6 Å². The first-order valence-corrected chi connectivity index (χ1v) is 6.40.